The second kappa shape index (κ2) is 9.56. The molecule has 1 saturated carbocycles. The second-order valence-corrected chi connectivity index (χ2v) is 9.35. The lowest BCUT2D eigenvalue weighted by Gasteiger charge is -2.32. The van der Waals surface area contributed by atoms with Gasteiger partial charge in [-0.2, -0.15) is 0 Å². The van der Waals surface area contributed by atoms with Gasteiger partial charge in [0.2, 0.25) is 0 Å². The van der Waals surface area contributed by atoms with Crippen molar-refractivity contribution < 1.29 is 18.7 Å². The van der Waals surface area contributed by atoms with Crippen LogP contribution < -0.4 is 5.73 Å². The summed E-state index contributed by atoms with van der Waals surface area (Å²) in [6, 6.07) is 0. The van der Waals surface area contributed by atoms with Gasteiger partial charge in [-0.3, -0.25) is 0 Å². The van der Waals surface area contributed by atoms with Crippen LogP contribution in [0.15, 0.2) is 34.7 Å². The molecule has 1 amide bonds. The summed E-state index contributed by atoms with van der Waals surface area (Å²) in [4.78, 5) is 14.5. The predicted octanol–water partition coefficient (Wildman–Crippen LogP) is 4.76. The molecule has 3 rings (SSSR count). The molecule has 1 saturated heterocycles. The maximum absolute atomic E-state index is 14.1. The highest BCUT2D eigenvalue weighted by molar-refractivity contribution is 8.02. The van der Waals surface area contributed by atoms with E-state index in [0.29, 0.717) is 35.5 Å². The molecule has 2 atom stereocenters. The number of ether oxygens (including phenoxy) is 2. The van der Waals surface area contributed by atoms with Crippen LogP contribution in [0.2, 0.25) is 0 Å². The lowest BCUT2D eigenvalue weighted by Crippen LogP contribution is -2.41. The highest BCUT2D eigenvalue weighted by Crippen LogP contribution is 2.51. The molecule has 162 valence electrons. The van der Waals surface area contributed by atoms with E-state index < -0.39 is 0 Å². The highest BCUT2D eigenvalue weighted by Gasteiger charge is 2.54. The quantitative estimate of drug-likeness (QED) is 0.639. The third-order valence-corrected chi connectivity index (χ3v) is 6.87. The molecular formula is C22H33FN2O3S. The van der Waals surface area contributed by atoms with Crippen molar-refractivity contribution in [3.63, 3.8) is 0 Å². The SMILES string of the molecule is CSC1=CCC=C(OCCC2(N)CC2C2CCN(C(=O)OC(C)C)CC2)C=C1F. The van der Waals surface area contributed by atoms with E-state index >= 15 is 0 Å². The van der Waals surface area contributed by atoms with Gasteiger partial charge >= 0.3 is 6.09 Å². The Morgan fingerprint density at radius 2 is 2.10 bits per heavy atom. The number of carbonyl (C=O) groups is 1. The topological polar surface area (TPSA) is 64.8 Å². The molecule has 2 unspecified atom stereocenters. The van der Waals surface area contributed by atoms with Gasteiger partial charge < -0.3 is 20.1 Å². The van der Waals surface area contributed by atoms with Crippen LogP contribution in [-0.4, -0.2) is 48.6 Å². The molecule has 2 N–H and O–H groups in total. The largest absolute Gasteiger partial charge is 0.494 e. The van der Waals surface area contributed by atoms with E-state index in [1.165, 1.54) is 17.8 Å². The normalized spacial score (nSPS) is 27.7. The Kier molecular flexibility index (Phi) is 7.32. The van der Waals surface area contributed by atoms with E-state index in [-0.39, 0.29) is 23.6 Å². The first-order valence-electron chi connectivity index (χ1n) is 10.5. The molecule has 0 spiro atoms. The minimum Gasteiger partial charge on any atom is -0.494 e. The zero-order chi connectivity index (χ0) is 21.0. The van der Waals surface area contributed by atoms with Gasteiger partial charge in [-0.05, 0) is 70.1 Å². The minimum absolute atomic E-state index is 0.0876. The van der Waals surface area contributed by atoms with Crippen molar-refractivity contribution in [2.75, 3.05) is 26.0 Å². The minimum atomic E-state index is -0.240. The Labute approximate surface area is 177 Å². The molecule has 1 aliphatic heterocycles. The van der Waals surface area contributed by atoms with E-state index in [2.05, 4.69) is 0 Å². The highest BCUT2D eigenvalue weighted by atomic mass is 32.2. The fourth-order valence-electron chi connectivity index (χ4n) is 4.31. The average molecular weight is 425 g/mol. The van der Waals surface area contributed by atoms with Gasteiger partial charge in [0.25, 0.3) is 0 Å². The van der Waals surface area contributed by atoms with Crippen molar-refractivity contribution in [3.05, 3.63) is 34.7 Å². The summed E-state index contributed by atoms with van der Waals surface area (Å²) in [5, 5.41) is 0. The number of piperidine rings is 1. The van der Waals surface area contributed by atoms with Crippen LogP contribution in [0.4, 0.5) is 9.18 Å². The standard InChI is InChI=1S/C22H33FN2O3S/c1-15(2)28-21(26)25-10-7-16(8-11-25)18-14-22(18,24)9-12-27-17-5-4-6-20(29-3)19(23)13-17/h5-6,13,15-16,18H,4,7-12,14,24H2,1-3H3. The van der Waals surface area contributed by atoms with Crippen LogP contribution in [-0.2, 0) is 9.47 Å². The average Bonchev–Trinajstić information content (AvgIpc) is 3.39. The van der Waals surface area contributed by atoms with Crippen LogP contribution in [0.3, 0.4) is 0 Å². The lowest BCUT2D eigenvalue weighted by atomic mass is 9.89. The first-order valence-corrected chi connectivity index (χ1v) is 11.7. The lowest BCUT2D eigenvalue weighted by molar-refractivity contribution is 0.0630. The van der Waals surface area contributed by atoms with Gasteiger partial charge in [0.1, 0.15) is 11.6 Å². The van der Waals surface area contributed by atoms with E-state index in [9.17, 15) is 9.18 Å². The number of amides is 1. The summed E-state index contributed by atoms with van der Waals surface area (Å²) in [6.07, 6.45) is 11.2. The molecule has 29 heavy (non-hydrogen) atoms. The Hall–Kier alpha value is -1.47. The van der Waals surface area contributed by atoms with Crippen molar-refractivity contribution in [1.29, 1.82) is 0 Å². The van der Waals surface area contributed by atoms with Crippen LogP contribution in [0.5, 0.6) is 0 Å². The summed E-state index contributed by atoms with van der Waals surface area (Å²) >= 11 is 1.40. The Balaban J connectivity index is 1.40. The second-order valence-electron chi connectivity index (χ2n) is 8.51. The van der Waals surface area contributed by atoms with Gasteiger partial charge in [0.15, 0.2) is 0 Å². The van der Waals surface area contributed by atoms with Gasteiger partial charge in [0.05, 0.1) is 12.7 Å². The van der Waals surface area contributed by atoms with E-state index in [0.717, 1.165) is 38.8 Å². The van der Waals surface area contributed by atoms with Crippen molar-refractivity contribution in [2.45, 2.75) is 57.6 Å². The summed E-state index contributed by atoms with van der Waals surface area (Å²) in [5.41, 5.74) is 6.40. The van der Waals surface area contributed by atoms with E-state index in [4.69, 9.17) is 15.2 Å². The number of likely N-dealkylation sites (tertiary alicyclic amines) is 1. The Bertz CT molecular complexity index is 698. The van der Waals surface area contributed by atoms with Gasteiger partial charge in [-0.1, -0.05) is 6.08 Å². The zero-order valence-corrected chi connectivity index (χ0v) is 18.5. The number of nitrogens with two attached hydrogens (primary N) is 1. The summed E-state index contributed by atoms with van der Waals surface area (Å²) in [5.74, 6) is 1.37. The molecule has 3 aliphatic rings. The van der Waals surface area contributed by atoms with Gasteiger partial charge in [-0.15, -0.1) is 11.8 Å². The number of rotatable bonds is 7. The van der Waals surface area contributed by atoms with Gasteiger partial charge in [-0.25, -0.2) is 9.18 Å². The van der Waals surface area contributed by atoms with Crippen molar-refractivity contribution in [2.24, 2.45) is 17.6 Å². The monoisotopic (exact) mass is 424 g/mol. The number of carbonyl (C=O) groups excluding carboxylic acids is 1. The maximum Gasteiger partial charge on any atom is 0.410 e. The fraction of sp³-hybridized carbons (Fsp3) is 0.682. The summed E-state index contributed by atoms with van der Waals surface area (Å²) < 4.78 is 25.2. The van der Waals surface area contributed by atoms with Crippen molar-refractivity contribution in [3.8, 4) is 0 Å². The van der Waals surface area contributed by atoms with Crippen LogP contribution in [0, 0.1) is 11.8 Å². The van der Waals surface area contributed by atoms with E-state index in [1.54, 1.807) is 4.90 Å². The maximum atomic E-state index is 14.1. The number of nitrogens with zero attached hydrogens (tertiary/aromatic N) is 1. The summed E-state index contributed by atoms with van der Waals surface area (Å²) in [7, 11) is 0. The number of thioether (sulfide) groups is 1. The predicted molar refractivity (Wildman–Crippen MR) is 115 cm³/mol. The number of hydrogen-bond acceptors (Lipinski definition) is 5. The third kappa shape index (κ3) is 5.79. The molecule has 1 heterocycles. The Morgan fingerprint density at radius 1 is 1.38 bits per heavy atom. The molecule has 2 fully saturated rings. The van der Waals surface area contributed by atoms with E-state index in [1.807, 2.05) is 32.3 Å². The molecule has 2 aliphatic carbocycles. The fourth-order valence-corrected chi connectivity index (χ4v) is 4.83. The number of allylic oxidation sites excluding steroid dienone is 4. The molecule has 0 radical (unpaired) electrons. The molecule has 0 aromatic rings. The number of hydrogen-bond donors (Lipinski definition) is 1. The van der Waals surface area contributed by atoms with Crippen molar-refractivity contribution >= 4 is 17.9 Å². The summed E-state index contributed by atoms with van der Waals surface area (Å²) in [6.45, 7) is 5.71. The first-order chi connectivity index (χ1) is 13.8. The molecule has 0 bridgehead atoms. The smallest absolute Gasteiger partial charge is 0.410 e. The number of halogens is 1. The third-order valence-electron chi connectivity index (χ3n) is 6.06. The molecule has 0 aromatic carbocycles. The molecule has 0 aromatic heterocycles. The van der Waals surface area contributed by atoms with Crippen LogP contribution in [0.1, 0.15) is 46.0 Å². The molecular weight excluding hydrogens is 391 g/mol. The van der Waals surface area contributed by atoms with Crippen LogP contribution >= 0.6 is 11.8 Å². The van der Waals surface area contributed by atoms with Crippen LogP contribution in [0.25, 0.3) is 0 Å². The van der Waals surface area contributed by atoms with Crippen molar-refractivity contribution in [1.82, 2.24) is 4.90 Å². The first kappa shape index (κ1) is 22.2. The molecule has 5 nitrogen and oxygen atoms in total. The molecule has 7 heteroatoms. The van der Waals surface area contributed by atoms with Gasteiger partial charge in [0, 0.05) is 29.6 Å². The zero-order valence-electron chi connectivity index (χ0n) is 17.7. The Morgan fingerprint density at radius 3 is 2.76 bits per heavy atom.